The smallest absolute Gasteiger partial charge is 0.138 e. The lowest BCUT2D eigenvalue weighted by Gasteiger charge is -2.04. The Morgan fingerprint density at radius 2 is 2.73 bits per heavy atom. The van der Waals surface area contributed by atoms with Gasteiger partial charge in [0.15, 0.2) is 0 Å². The van der Waals surface area contributed by atoms with E-state index in [1.165, 1.54) is 0 Å². The zero-order chi connectivity index (χ0) is 8.10. The average Bonchev–Trinajstić information content (AvgIpc) is 2.18. The first-order valence-electron chi connectivity index (χ1n) is 3.56. The lowest BCUT2D eigenvalue weighted by atomic mass is 10.1. The van der Waals surface area contributed by atoms with Crippen LogP contribution in [0.1, 0.15) is 6.42 Å². The van der Waals surface area contributed by atoms with Gasteiger partial charge in [-0.3, -0.25) is 0 Å². The highest BCUT2D eigenvalue weighted by atomic mass is 16.3. The van der Waals surface area contributed by atoms with E-state index in [2.05, 4.69) is 23.9 Å². The van der Waals surface area contributed by atoms with Crippen LogP contribution in [0.2, 0.25) is 0 Å². The van der Waals surface area contributed by atoms with E-state index in [4.69, 9.17) is 0 Å². The van der Waals surface area contributed by atoms with E-state index < -0.39 is 6.10 Å². The molecule has 2 heteroatoms. The molecule has 0 saturated heterocycles. The molecule has 0 amide bonds. The largest absolute Gasteiger partial charge is 0.376 e. The topological polar surface area (TPSA) is 32.3 Å². The van der Waals surface area contributed by atoms with Crippen molar-refractivity contribution in [2.75, 3.05) is 6.54 Å². The van der Waals surface area contributed by atoms with Crippen molar-refractivity contribution >= 4 is 0 Å². The molecule has 2 N–H and O–H groups in total. The van der Waals surface area contributed by atoms with Gasteiger partial charge in [0.1, 0.15) is 6.10 Å². The SMILES string of the molecule is C=CCC1=CCNC#CC1O. The number of allylic oxidation sites excluding steroid dienone is 1. The molecule has 0 saturated carbocycles. The predicted octanol–water partition coefficient (Wildman–Crippen LogP) is 0.414. The number of aliphatic hydroxyl groups is 1. The summed E-state index contributed by atoms with van der Waals surface area (Å²) < 4.78 is 0. The molecule has 1 rings (SSSR count). The van der Waals surface area contributed by atoms with E-state index >= 15 is 0 Å². The molecule has 1 atom stereocenters. The molecular weight excluding hydrogens is 138 g/mol. The Morgan fingerprint density at radius 1 is 1.91 bits per heavy atom. The van der Waals surface area contributed by atoms with Crippen LogP contribution in [0.15, 0.2) is 24.3 Å². The van der Waals surface area contributed by atoms with Crippen molar-refractivity contribution in [1.82, 2.24) is 5.32 Å². The first-order chi connectivity index (χ1) is 5.34. The van der Waals surface area contributed by atoms with Gasteiger partial charge >= 0.3 is 0 Å². The minimum Gasteiger partial charge on any atom is -0.376 e. The molecule has 0 radical (unpaired) electrons. The van der Waals surface area contributed by atoms with Crippen molar-refractivity contribution in [3.63, 3.8) is 0 Å². The molecule has 0 fully saturated rings. The van der Waals surface area contributed by atoms with Gasteiger partial charge in [0, 0.05) is 12.6 Å². The highest BCUT2D eigenvalue weighted by Gasteiger charge is 2.06. The summed E-state index contributed by atoms with van der Waals surface area (Å²) in [5.74, 6) is 2.66. The summed E-state index contributed by atoms with van der Waals surface area (Å²) in [6, 6.07) is 2.65. The van der Waals surface area contributed by atoms with Gasteiger partial charge in [-0.05, 0) is 17.9 Å². The van der Waals surface area contributed by atoms with Gasteiger partial charge in [-0.1, -0.05) is 12.2 Å². The van der Waals surface area contributed by atoms with Crippen LogP contribution in [0, 0.1) is 12.0 Å². The summed E-state index contributed by atoms with van der Waals surface area (Å²) >= 11 is 0. The van der Waals surface area contributed by atoms with Crippen LogP contribution in [0.25, 0.3) is 0 Å². The van der Waals surface area contributed by atoms with Gasteiger partial charge in [0.2, 0.25) is 0 Å². The second-order valence-electron chi connectivity index (χ2n) is 2.32. The molecule has 0 aliphatic carbocycles. The maximum Gasteiger partial charge on any atom is 0.138 e. The Morgan fingerprint density at radius 3 is 3.45 bits per heavy atom. The summed E-state index contributed by atoms with van der Waals surface area (Å²) in [7, 11) is 0. The van der Waals surface area contributed by atoms with Crippen molar-refractivity contribution in [2.24, 2.45) is 0 Å². The molecule has 11 heavy (non-hydrogen) atoms. The monoisotopic (exact) mass is 149 g/mol. The average molecular weight is 149 g/mol. The lowest BCUT2D eigenvalue weighted by Crippen LogP contribution is -2.06. The molecule has 1 aliphatic heterocycles. The zero-order valence-electron chi connectivity index (χ0n) is 6.30. The number of aliphatic hydroxyl groups excluding tert-OH is 1. The third-order valence-electron chi connectivity index (χ3n) is 1.49. The third kappa shape index (κ3) is 2.14. The normalized spacial score (nSPS) is 21.9. The fourth-order valence-corrected chi connectivity index (χ4v) is 0.919. The Balaban J connectivity index is 2.68. The van der Waals surface area contributed by atoms with Crippen molar-refractivity contribution in [2.45, 2.75) is 12.5 Å². The van der Waals surface area contributed by atoms with Crippen LogP contribution in [0.5, 0.6) is 0 Å². The molecule has 0 bridgehead atoms. The maximum absolute atomic E-state index is 9.35. The van der Waals surface area contributed by atoms with Crippen LogP contribution in [-0.2, 0) is 0 Å². The molecule has 0 spiro atoms. The summed E-state index contributed by atoms with van der Waals surface area (Å²) in [5.41, 5.74) is 0.928. The summed E-state index contributed by atoms with van der Waals surface area (Å²) in [4.78, 5) is 0. The van der Waals surface area contributed by atoms with Crippen LogP contribution in [-0.4, -0.2) is 17.8 Å². The second-order valence-corrected chi connectivity index (χ2v) is 2.32. The lowest BCUT2D eigenvalue weighted by molar-refractivity contribution is 0.266. The number of hydrogen-bond acceptors (Lipinski definition) is 2. The van der Waals surface area contributed by atoms with Crippen molar-refractivity contribution < 1.29 is 5.11 Å². The molecule has 1 aliphatic rings. The number of nitrogens with one attached hydrogen (secondary N) is 1. The zero-order valence-corrected chi connectivity index (χ0v) is 6.30. The highest BCUT2D eigenvalue weighted by Crippen LogP contribution is 2.07. The van der Waals surface area contributed by atoms with E-state index in [0.29, 0.717) is 13.0 Å². The van der Waals surface area contributed by atoms with Crippen LogP contribution < -0.4 is 5.32 Å². The molecule has 0 aromatic carbocycles. The standard InChI is InChI=1S/C9H11NO/c1-2-3-8-4-6-10-7-5-9(8)11/h2,4,9-11H,1,3,6H2. The summed E-state index contributed by atoms with van der Waals surface area (Å²) in [6.07, 6.45) is 3.78. The molecule has 1 unspecified atom stereocenters. The minimum absolute atomic E-state index is 0.622. The quantitative estimate of drug-likeness (QED) is 0.440. The maximum atomic E-state index is 9.35. The predicted molar refractivity (Wildman–Crippen MR) is 44.7 cm³/mol. The molecule has 0 aromatic rings. The van der Waals surface area contributed by atoms with E-state index in [0.717, 1.165) is 5.57 Å². The van der Waals surface area contributed by atoms with Crippen molar-refractivity contribution in [1.29, 1.82) is 0 Å². The van der Waals surface area contributed by atoms with Gasteiger partial charge < -0.3 is 10.4 Å². The summed E-state index contributed by atoms with van der Waals surface area (Å²) in [6.45, 7) is 4.30. The number of hydrogen-bond donors (Lipinski definition) is 2. The van der Waals surface area contributed by atoms with E-state index in [1.54, 1.807) is 6.08 Å². The van der Waals surface area contributed by atoms with Gasteiger partial charge in [0.05, 0.1) is 0 Å². The number of rotatable bonds is 2. The first kappa shape index (κ1) is 7.90. The van der Waals surface area contributed by atoms with Gasteiger partial charge in [-0.25, -0.2) is 0 Å². The Kier molecular flexibility index (Phi) is 2.76. The van der Waals surface area contributed by atoms with E-state index in [-0.39, 0.29) is 0 Å². The van der Waals surface area contributed by atoms with Crippen molar-refractivity contribution in [3.05, 3.63) is 24.3 Å². The highest BCUT2D eigenvalue weighted by molar-refractivity contribution is 5.25. The van der Waals surface area contributed by atoms with E-state index in [1.807, 2.05) is 6.08 Å². The third-order valence-corrected chi connectivity index (χ3v) is 1.49. The minimum atomic E-state index is -0.622. The fourth-order valence-electron chi connectivity index (χ4n) is 0.919. The molecule has 2 nitrogen and oxygen atoms in total. The van der Waals surface area contributed by atoms with Crippen LogP contribution in [0.3, 0.4) is 0 Å². The van der Waals surface area contributed by atoms with Crippen LogP contribution in [0.4, 0.5) is 0 Å². The summed E-state index contributed by atoms with van der Waals surface area (Å²) in [5, 5.41) is 12.2. The van der Waals surface area contributed by atoms with Gasteiger partial charge in [-0.15, -0.1) is 6.58 Å². The molecule has 0 aromatic heterocycles. The van der Waals surface area contributed by atoms with Gasteiger partial charge in [-0.2, -0.15) is 0 Å². The Bertz CT molecular complexity index is 232. The van der Waals surface area contributed by atoms with Crippen LogP contribution >= 0.6 is 0 Å². The Labute approximate surface area is 66.6 Å². The van der Waals surface area contributed by atoms with Crippen molar-refractivity contribution in [3.8, 4) is 12.0 Å². The van der Waals surface area contributed by atoms with E-state index in [9.17, 15) is 5.11 Å². The molecular formula is C9H11NO. The molecule has 1 heterocycles. The fraction of sp³-hybridized carbons (Fsp3) is 0.333. The van der Waals surface area contributed by atoms with Gasteiger partial charge in [0.25, 0.3) is 0 Å². The Hall–Kier alpha value is -1.20. The molecule has 58 valence electrons. The second kappa shape index (κ2) is 3.85. The first-order valence-corrected chi connectivity index (χ1v) is 3.56.